The van der Waals surface area contributed by atoms with Crippen LogP contribution in [-0.2, 0) is 0 Å². The number of aromatic nitrogens is 1. The largest absolute Gasteiger partial charge is 0.384 e. The maximum absolute atomic E-state index is 5.95. The highest BCUT2D eigenvalue weighted by molar-refractivity contribution is 6.48. The number of nitrogens with zero attached hydrogens (tertiary/aromatic N) is 1. The average Bonchev–Trinajstić information content (AvgIpc) is 2.25. The van der Waals surface area contributed by atoms with Crippen LogP contribution in [0.2, 0.25) is 15.1 Å². The number of pyridine rings is 1. The van der Waals surface area contributed by atoms with Crippen molar-refractivity contribution in [2.75, 3.05) is 5.73 Å². The van der Waals surface area contributed by atoms with E-state index in [4.69, 9.17) is 40.5 Å². The molecule has 0 radical (unpaired) electrons. The van der Waals surface area contributed by atoms with Crippen LogP contribution in [0.3, 0.4) is 0 Å². The number of hydrogen-bond acceptors (Lipinski definition) is 2. The fourth-order valence-electron chi connectivity index (χ4n) is 1.35. The molecule has 2 nitrogen and oxygen atoms in total. The van der Waals surface area contributed by atoms with Crippen LogP contribution in [0.5, 0.6) is 0 Å². The summed E-state index contributed by atoms with van der Waals surface area (Å²) >= 11 is 17.8. The highest BCUT2D eigenvalue weighted by atomic mass is 35.5. The van der Waals surface area contributed by atoms with Crippen molar-refractivity contribution in [2.24, 2.45) is 0 Å². The summed E-state index contributed by atoms with van der Waals surface area (Å²) in [6, 6.07) is 7.05. The molecule has 0 spiro atoms. The first-order chi connectivity index (χ1) is 7.58. The third-order valence-corrected chi connectivity index (χ3v) is 3.30. The molecule has 0 aliphatic heterocycles. The van der Waals surface area contributed by atoms with Crippen molar-refractivity contribution >= 4 is 40.6 Å². The molecule has 5 heteroatoms. The normalized spacial score (nSPS) is 10.4. The number of anilines is 1. The molecule has 0 saturated heterocycles. The minimum Gasteiger partial charge on any atom is -0.384 e. The Bertz CT molecular complexity index is 517. The predicted octanol–water partition coefficient (Wildman–Crippen LogP) is 4.29. The molecule has 16 heavy (non-hydrogen) atoms. The zero-order valence-corrected chi connectivity index (χ0v) is 10.3. The predicted molar refractivity (Wildman–Crippen MR) is 69.1 cm³/mol. The Labute approximate surface area is 108 Å². The maximum atomic E-state index is 5.95. The first-order valence-electron chi connectivity index (χ1n) is 4.44. The summed E-state index contributed by atoms with van der Waals surface area (Å²) in [7, 11) is 0. The second kappa shape index (κ2) is 4.50. The minimum atomic E-state index is 0.356. The second-order valence-electron chi connectivity index (χ2n) is 3.22. The molecule has 2 aromatic rings. The lowest BCUT2D eigenvalue weighted by Gasteiger charge is -2.06. The molecule has 0 saturated carbocycles. The highest BCUT2D eigenvalue weighted by Gasteiger charge is 2.07. The SMILES string of the molecule is Nc1cc(-c2cc(Cl)c(Cl)c(Cl)c2)ccn1. The number of nitrogen functional groups attached to an aromatic ring is 1. The monoisotopic (exact) mass is 272 g/mol. The van der Waals surface area contributed by atoms with Crippen LogP contribution in [0.4, 0.5) is 5.82 Å². The fraction of sp³-hybridized carbons (Fsp3) is 0. The van der Waals surface area contributed by atoms with E-state index in [2.05, 4.69) is 4.98 Å². The van der Waals surface area contributed by atoms with E-state index >= 15 is 0 Å². The number of halogens is 3. The number of nitrogens with two attached hydrogens (primary N) is 1. The molecule has 0 unspecified atom stereocenters. The number of benzene rings is 1. The van der Waals surface area contributed by atoms with Crippen LogP contribution >= 0.6 is 34.8 Å². The van der Waals surface area contributed by atoms with Gasteiger partial charge in [-0.3, -0.25) is 0 Å². The topological polar surface area (TPSA) is 38.9 Å². The summed E-state index contributed by atoms with van der Waals surface area (Å²) in [6.45, 7) is 0. The molecular formula is C11H7Cl3N2. The van der Waals surface area contributed by atoms with Gasteiger partial charge in [0.15, 0.2) is 0 Å². The van der Waals surface area contributed by atoms with Crippen molar-refractivity contribution in [3.63, 3.8) is 0 Å². The molecule has 1 heterocycles. The van der Waals surface area contributed by atoms with Gasteiger partial charge in [0.2, 0.25) is 0 Å². The maximum Gasteiger partial charge on any atom is 0.123 e. The van der Waals surface area contributed by atoms with E-state index in [0.717, 1.165) is 11.1 Å². The van der Waals surface area contributed by atoms with Crippen molar-refractivity contribution in [1.82, 2.24) is 4.98 Å². The van der Waals surface area contributed by atoms with Crippen molar-refractivity contribution in [1.29, 1.82) is 0 Å². The van der Waals surface area contributed by atoms with E-state index in [1.807, 2.05) is 6.07 Å². The molecule has 0 amide bonds. The third-order valence-electron chi connectivity index (χ3n) is 2.10. The Hall–Kier alpha value is -0.960. The minimum absolute atomic E-state index is 0.356. The summed E-state index contributed by atoms with van der Waals surface area (Å²) in [5.41, 5.74) is 7.35. The highest BCUT2D eigenvalue weighted by Crippen LogP contribution is 2.35. The van der Waals surface area contributed by atoms with E-state index in [1.165, 1.54) is 0 Å². The molecule has 0 bridgehead atoms. The molecule has 2 N–H and O–H groups in total. The van der Waals surface area contributed by atoms with Gasteiger partial charge in [-0.05, 0) is 35.4 Å². The number of hydrogen-bond donors (Lipinski definition) is 1. The summed E-state index contributed by atoms with van der Waals surface area (Å²) in [4.78, 5) is 3.91. The molecular weight excluding hydrogens is 266 g/mol. The summed E-state index contributed by atoms with van der Waals surface area (Å²) in [5.74, 6) is 0.444. The molecule has 2 rings (SSSR count). The lowest BCUT2D eigenvalue weighted by molar-refractivity contribution is 1.34. The van der Waals surface area contributed by atoms with Crippen molar-refractivity contribution in [3.8, 4) is 11.1 Å². The Kier molecular flexibility index (Phi) is 3.24. The van der Waals surface area contributed by atoms with Gasteiger partial charge < -0.3 is 5.73 Å². The average molecular weight is 274 g/mol. The summed E-state index contributed by atoms with van der Waals surface area (Å²) in [5, 5.41) is 1.19. The summed E-state index contributed by atoms with van der Waals surface area (Å²) < 4.78 is 0. The van der Waals surface area contributed by atoms with Gasteiger partial charge in [0.05, 0.1) is 15.1 Å². The standard InChI is InChI=1S/C11H7Cl3N2/c12-8-3-7(4-9(13)11(8)14)6-1-2-16-10(15)5-6/h1-5H,(H2,15,16). The third kappa shape index (κ3) is 2.24. The second-order valence-corrected chi connectivity index (χ2v) is 4.42. The van der Waals surface area contributed by atoms with Crippen LogP contribution in [0.1, 0.15) is 0 Å². The molecule has 0 atom stereocenters. The lowest BCUT2D eigenvalue weighted by Crippen LogP contribution is -1.89. The lowest BCUT2D eigenvalue weighted by atomic mass is 10.1. The van der Waals surface area contributed by atoms with Gasteiger partial charge in [0.1, 0.15) is 5.82 Å². The van der Waals surface area contributed by atoms with E-state index < -0.39 is 0 Å². The van der Waals surface area contributed by atoms with Crippen LogP contribution in [-0.4, -0.2) is 4.98 Å². The van der Waals surface area contributed by atoms with Crippen LogP contribution < -0.4 is 5.73 Å². The van der Waals surface area contributed by atoms with Crippen molar-refractivity contribution in [3.05, 3.63) is 45.5 Å². The smallest absolute Gasteiger partial charge is 0.123 e. The first kappa shape index (κ1) is 11.5. The van der Waals surface area contributed by atoms with Crippen LogP contribution in [0.15, 0.2) is 30.5 Å². The van der Waals surface area contributed by atoms with E-state index in [9.17, 15) is 0 Å². The molecule has 82 valence electrons. The van der Waals surface area contributed by atoms with Gasteiger partial charge in [-0.25, -0.2) is 4.98 Å². The summed E-state index contributed by atoms with van der Waals surface area (Å²) in [6.07, 6.45) is 1.63. The van der Waals surface area contributed by atoms with Crippen LogP contribution in [0, 0.1) is 0 Å². The Morgan fingerprint density at radius 3 is 2.12 bits per heavy atom. The molecule has 0 fully saturated rings. The van der Waals surface area contributed by atoms with E-state index in [1.54, 1.807) is 24.4 Å². The van der Waals surface area contributed by atoms with E-state index in [-0.39, 0.29) is 0 Å². The zero-order valence-electron chi connectivity index (χ0n) is 8.05. The fourth-order valence-corrected chi connectivity index (χ4v) is 1.95. The van der Waals surface area contributed by atoms with Gasteiger partial charge in [-0.15, -0.1) is 0 Å². The van der Waals surface area contributed by atoms with Crippen molar-refractivity contribution in [2.45, 2.75) is 0 Å². The van der Waals surface area contributed by atoms with E-state index in [0.29, 0.717) is 20.9 Å². The Balaban J connectivity index is 2.57. The van der Waals surface area contributed by atoms with Gasteiger partial charge >= 0.3 is 0 Å². The Morgan fingerprint density at radius 1 is 0.938 bits per heavy atom. The molecule has 0 aliphatic carbocycles. The molecule has 0 aliphatic rings. The number of rotatable bonds is 1. The molecule has 1 aromatic heterocycles. The first-order valence-corrected chi connectivity index (χ1v) is 5.58. The van der Waals surface area contributed by atoms with Crippen LogP contribution in [0.25, 0.3) is 11.1 Å². The zero-order chi connectivity index (χ0) is 11.7. The molecule has 1 aromatic carbocycles. The van der Waals surface area contributed by atoms with Gasteiger partial charge in [-0.1, -0.05) is 34.8 Å². The van der Waals surface area contributed by atoms with Gasteiger partial charge in [-0.2, -0.15) is 0 Å². The van der Waals surface area contributed by atoms with Crippen molar-refractivity contribution < 1.29 is 0 Å². The quantitative estimate of drug-likeness (QED) is 0.787. The Morgan fingerprint density at radius 2 is 1.56 bits per heavy atom. The van der Waals surface area contributed by atoms with Gasteiger partial charge in [0.25, 0.3) is 0 Å². The van der Waals surface area contributed by atoms with Gasteiger partial charge in [0, 0.05) is 6.20 Å².